The number of rotatable bonds is 5. The number of aliphatic hydroxyl groups is 2. The lowest BCUT2D eigenvalue weighted by atomic mass is 9.97. The molecule has 1 aromatic carbocycles. The largest absolute Gasteiger partial charge is 0.497 e. The second-order valence-corrected chi connectivity index (χ2v) is 3.91. The van der Waals surface area contributed by atoms with E-state index in [4.69, 9.17) is 10.5 Å². The van der Waals surface area contributed by atoms with Gasteiger partial charge in [0.1, 0.15) is 11.9 Å². The number of nitrogens with two attached hydrogens (primary N) is 1. The van der Waals surface area contributed by atoms with E-state index < -0.39 is 18.1 Å². The molecule has 5 heteroatoms. The van der Waals surface area contributed by atoms with Crippen LogP contribution in [0.2, 0.25) is 0 Å². The van der Waals surface area contributed by atoms with Crippen molar-refractivity contribution in [3.63, 3.8) is 0 Å². The molecule has 0 heterocycles. The summed E-state index contributed by atoms with van der Waals surface area (Å²) in [5.41, 5.74) is 6.30. The average molecular weight is 239 g/mol. The zero-order valence-corrected chi connectivity index (χ0v) is 9.88. The first-order chi connectivity index (χ1) is 7.95. The third-order valence-electron chi connectivity index (χ3n) is 2.58. The lowest BCUT2D eigenvalue weighted by Crippen LogP contribution is -2.26. The Kier molecular flexibility index (Phi) is 4.48. The summed E-state index contributed by atoms with van der Waals surface area (Å²) in [5, 5.41) is 19.6. The minimum atomic E-state index is -1.21. The van der Waals surface area contributed by atoms with Crippen LogP contribution in [0.3, 0.4) is 0 Å². The first kappa shape index (κ1) is 13.5. The van der Waals surface area contributed by atoms with Gasteiger partial charge in [0.25, 0.3) is 0 Å². The van der Waals surface area contributed by atoms with Crippen molar-refractivity contribution in [2.45, 2.75) is 25.6 Å². The Balaban J connectivity index is 2.94. The molecule has 0 radical (unpaired) electrons. The number of amides is 1. The molecule has 0 aliphatic carbocycles. The van der Waals surface area contributed by atoms with E-state index in [1.54, 1.807) is 25.1 Å². The highest BCUT2D eigenvalue weighted by Gasteiger charge is 2.22. The SMILES string of the molecule is COc1ccc(C)c(C(O)C(O)CC(N)=O)c1. The van der Waals surface area contributed by atoms with E-state index in [2.05, 4.69) is 0 Å². The lowest BCUT2D eigenvalue weighted by Gasteiger charge is -2.19. The van der Waals surface area contributed by atoms with Crippen LogP contribution in [0, 0.1) is 6.92 Å². The molecule has 2 unspecified atom stereocenters. The van der Waals surface area contributed by atoms with Gasteiger partial charge in [-0.15, -0.1) is 0 Å². The first-order valence-corrected chi connectivity index (χ1v) is 5.24. The maximum absolute atomic E-state index is 10.7. The molecule has 0 fully saturated rings. The number of hydrogen-bond acceptors (Lipinski definition) is 4. The normalized spacial score (nSPS) is 14.1. The van der Waals surface area contributed by atoms with Crippen molar-refractivity contribution < 1.29 is 19.7 Å². The maximum atomic E-state index is 10.7. The summed E-state index contributed by atoms with van der Waals surface area (Å²) in [6, 6.07) is 5.16. The molecule has 4 N–H and O–H groups in total. The Morgan fingerprint density at radius 3 is 2.65 bits per heavy atom. The average Bonchev–Trinajstić information content (AvgIpc) is 2.28. The summed E-state index contributed by atoms with van der Waals surface area (Å²) in [4.78, 5) is 10.7. The molecule has 0 bridgehead atoms. The Bertz CT molecular complexity index is 405. The molecule has 0 saturated heterocycles. The Morgan fingerprint density at radius 2 is 2.12 bits per heavy atom. The van der Waals surface area contributed by atoms with Gasteiger partial charge in [0.2, 0.25) is 5.91 Å². The Labute approximate surface area is 99.8 Å². The van der Waals surface area contributed by atoms with Gasteiger partial charge in [0, 0.05) is 0 Å². The van der Waals surface area contributed by atoms with Crippen molar-refractivity contribution >= 4 is 5.91 Å². The molecule has 0 saturated carbocycles. The maximum Gasteiger partial charge on any atom is 0.220 e. The highest BCUT2D eigenvalue weighted by molar-refractivity contribution is 5.74. The van der Waals surface area contributed by atoms with Crippen LogP contribution in [0.4, 0.5) is 0 Å². The molecular formula is C12H17NO4. The number of methoxy groups -OCH3 is 1. The molecule has 5 nitrogen and oxygen atoms in total. The number of aryl methyl sites for hydroxylation is 1. The third-order valence-corrected chi connectivity index (χ3v) is 2.58. The predicted molar refractivity (Wildman–Crippen MR) is 62.5 cm³/mol. The minimum Gasteiger partial charge on any atom is -0.497 e. The van der Waals surface area contributed by atoms with E-state index in [-0.39, 0.29) is 6.42 Å². The van der Waals surface area contributed by atoms with Gasteiger partial charge in [-0.2, -0.15) is 0 Å². The highest BCUT2D eigenvalue weighted by atomic mass is 16.5. The summed E-state index contributed by atoms with van der Waals surface area (Å²) in [6.07, 6.45) is -2.64. The fourth-order valence-corrected chi connectivity index (χ4v) is 1.59. The second-order valence-electron chi connectivity index (χ2n) is 3.91. The molecule has 1 aromatic rings. The van der Waals surface area contributed by atoms with Crippen molar-refractivity contribution in [1.82, 2.24) is 0 Å². The molecule has 1 rings (SSSR count). The minimum absolute atomic E-state index is 0.280. The Morgan fingerprint density at radius 1 is 1.47 bits per heavy atom. The number of aliphatic hydroxyl groups excluding tert-OH is 2. The summed E-state index contributed by atoms with van der Waals surface area (Å²) in [6.45, 7) is 1.80. The van der Waals surface area contributed by atoms with Crippen LogP contribution in [0.25, 0.3) is 0 Å². The van der Waals surface area contributed by atoms with Crippen LogP contribution in [0.1, 0.15) is 23.7 Å². The fourth-order valence-electron chi connectivity index (χ4n) is 1.59. The standard InChI is InChI=1S/C12H17NO4/c1-7-3-4-8(17-2)5-9(7)12(16)10(14)6-11(13)15/h3-5,10,12,14,16H,6H2,1-2H3,(H2,13,15). The summed E-state index contributed by atoms with van der Waals surface area (Å²) in [7, 11) is 1.51. The van der Waals surface area contributed by atoms with Gasteiger partial charge in [-0.05, 0) is 30.2 Å². The van der Waals surface area contributed by atoms with Crippen LogP contribution in [0.5, 0.6) is 5.75 Å². The quantitative estimate of drug-likeness (QED) is 0.687. The van der Waals surface area contributed by atoms with Crippen LogP contribution in [0.15, 0.2) is 18.2 Å². The van der Waals surface area contributed by atoms with Crippen molar-refractivity contribution in [3.8, 4) is 5.75 Å². The molecule has 0 spiro atoms. The first-order valence-electron chi connectivity index (χ1n) is 5.24. The smallest absolute Gasteiger partial charge is 0.220 e. The van der Waals surface area contributed by atoms with Crippen LogP contribution >= 0.6 is 0 Å². The number of hydrogen-bond donors (Lipinski definition) is 3. The van der Waals surface area contributed by atoms with Gasteiger partial charge < -0.3 is 20.7 Å². The molecule has 1 amide bonds. The van der Waals surface area contributed by atoms with E-state index in [1.165, 1.54) is 7.11 Å². The summed E-state index contributed by atoms with van der Waals surface area (Å²) >= 11 is 0. The number of ether oxygens (including phenoxy) is 1. The van der Waals surface area contributed by atoms with E-state index in [9.17, 15) is 15.0 Å². The van der Waals surface area contributed by atoms with Gasteiger partial charge in [-0.1, -0.05) is 6.07 Å². The summed E-state index contributed by atoms with van der Waals surface area (Å²) in [5.74, 6) is -0.0759. The van der Waals surface area contributed by atoms with Gasteiger partial charge >= 0.3 is 0 Å². The van der Waals surface area contributed by atoms with E-state index in [1.807, 2.05) is 0 Å². The molecular weight excluding hydrogens is 222 g/mol. The fraction of sp³-hybridized carbons (Fsp3) is 0.417. The van der Waals surface area contributed by atoms with Crippen molar-refractivity contribution in [1.29, 1.82) is 0 Å². The molecule has 0 aliphatic rings. The second kappa shape index (κ2) is 5.65. The van der Waals surface area contributed by atoms with Crippen molar-refractivity contribution in [3.05, 3.63) is 29.3 Å². The van der Waals surface area contributed by atoms with Gasteiger partial charge in [0.05, 0.1) is 19.6 Å². The van der Waals surface area contributed by atoms with Crippen LogP contribution in [-0.2, 0) is 4.79 Å². The monoisotopic (exact) mass is 239 g/mol. The highest BCUT2D eigenvalue weighted by Crippen LogP contribution is 2.26. The molecule has 0 aromatic heterocycles. The third kappa shape index (κ3) is 3.44. The number of benzene rings is 1. The van der Waals surface area contributed by atoms with E-state index in [0.29, 0.717) is 11.3 Å². The topological polar surface area (TPSA) is 92.8 Å². The zero-order valence-electron chi connectivity index (χ0n) is 9.88. The number of carbonyl (C=O) groups is 1. The molecule has 94 valence electrons. The summed E-state index contributed by atoms with van der Waals surface area (Å²) < 4.78 is 5.04. The predicted octanol–water partition coefficient (Wildman–Crippen LogP) is 0.273. The van der Waals surface area contributed by atoms with Crippen molar-refractivity contribution in [2.24, 2.45) is 5.73 Å². The van der Waals surface area contributed by atoms with Gasteiger partial charge in [-0.25, -0.2) is 0 Å². The molecule has 0 aliphatic heterocycles. The van der Waals surface area contributed by atoms with Crippen LogP contribution < -0.4 is 10.5 Å². The van der Waals surface area contributed by atoms with Gasteiger partial charge in [0.15, 0.2) is 0 Å². The zero-order chi connectivity index (χ0) is 13.0. The van der Waals surface area contributed by atoms with Gasteiger partial charge in [-0.3, -0.25) is 4.79 Å². The Hall–Kier alpha value is -1.59. The molecule has 2 atom stereocenters. The van der Waals surface area contributed by atoms with Crippen LogP contribution in [-0.4, -0.2) is 29.3 Å². The van der Waals surface area contributed by atoms with E-state index in [0.717, 1.165) is 5.56 Å². The molecule has 17 heavy (non-hydrogen) atoms. The number of primary amides is 1. The number of carbonyl (C=O) groups excluding carboxylic acids is 1. The van der Waals surface area contributed by atoms with E-state index >= 15 is 0 Å². The lowest BCUT2D eigenvalue weighted by molar-refractivity contribution is -0.121. The van der Waals surface area contributed by atoms with Crippen molar-refractivity contribution in [2.75, 3.05) is 7.11 Å².